The molecule has 0 aliphatic carbocycles. The van der Waals surface area contributed by atoms with Crippen LogP contribution in [0.15, 0.2) is 0 Å². The maximum Gasteiger partial charge on any atom is 0.153 e. The number of rotatable bonds is 1. The van der Waals surface area contributed by atoms with Crippen LogP contribution in [-0.4, -0.2) is 60.5 Å². The molecular formula is C10H20N2O2S2. The molecule has 0 aromatic rings. The monoisotopic (exact) mass is 264 g/mol. The summed E-state index contributed by atoms with van der Waals surface area (Å²) in [6.45, 7) is 6.31. The first-order chi connectivity index (χ1) is 7.29. The molecule has 2 rings (SSSR count). The highest BCUT2D eigenvalue weighted by molar-refractivity contribution is 8.00. The van der Waals surface area contributed by atoms with Crippen molar-refractivity contribution < 1.29 is 8.42 Å². The van der Waals surface area contributed by atoms with Crippen LogP contribution in [0.1, 0.15) is 13.8 Å². The van der Waals surface area contributed by atoms with E-state index in [4.69, 9.17) is 5.73 Å². The van der Waals surface area contributed by atoms with Crippen LogP contribution in [0, 0.1) is 0 Å². The van der Waals surface area contributed by atoms with Crippen LogP contribution in [0.2, 0.25) is 0 Å². The van der Waals surface area contributed by atoms with Crippen molar-refractivity contribution in [2.45, 2.75) is 30.7 Å². The van der Waals surface area contributed by atoms with Crippen LogP contribution in [0.5, 0.6) is 0 Å². The van der Waals surface area contributed by atoms with Gasteiger partial charge in [0.25, 0.3) is 0 Å². The first-order valence-electron chi connectivity index (χ1n) is 5.63. The van der Waals surface area contributed by atoms with Gasteiger partial charge in [0.1, 0.15) is 0 Å². The minimum atomic E-state index is -2.90. The first kappa shape index (κ1) is 12.7. The molecule has 94 valence electrons. The third kappa shape index (κ3) is 2.72. The fourth-order valence-electron chi connectivity index (χ4n) is 2.57. The highest BCUT2D eigenvalue weighted by Crippen LogP contribution is 2.32. The molecule has 0 aromatic carbocycles. The molecule has 2 unspecified atom stereocenters. The van der Waals surface area contributed by atoms with Crippen molar-refractivity contribution in [2.75, 3.05) is 30.3 Å². The maximum absolute atomic E-state index is 11.5. The van der Waals surface area contributed by atoms with Gasteiger partial charge in [0.05, 0.1) is 11.5 Å². The average Bonchev–Trinajstić information content (AvgIpc) is 2.38. The number of nitrogens with two attached hydrogens (primary N) is 1. The lowest BCUT2D eigenvalue weighted by molar-refractivity contribution is 0.189. The second-order valence-electron chi connectivity index (χ2n) is 5.39. The van der Waals surface area contributed by atoms with Crippen LogP contribution >= 0.6 is 11.8 Å². The van der Waals surface area contributed by atoms with Gasteiger partial charge in [-0.1, -0.05) is 0 Å². The summed E-state index contributed by atoms with van der Waals surface area (Å²) in [5, 5.41) is 0. The number of hydrogen-bond acceptors (Lipinski definition) is 5. The third-order valence-electron chi connectivity index (χ3n) is 3.29. The summed E-state index contributed by atoms with van der Waals surface area (Å²) < 4.78 is 23.3. The molecule has 2 saturated heterocycles. The Morgan fingerprint density at radius 1 is 1.38 bits per heavy atom. The van der Waals surface area contributed by atoms with Crippen molar-refractivity contribution in [1.82, 2.24) is 4.90 Å². The van der Waals surface area contributed by atoms with Gasteiger partial charge in [-0.2, -0.15) is 11.8 Å². The van der Waals surface area contributed by atoms with Gasteiger partial charge in [-0.15, -0.1) is 0 Å². The normalized spacial score (nSPS) is 38.7. The average molecular weight is 264 g/mol. The van der Waals surface area contributed by atoms with E-state index in [1.165, 1.54) is 0 Å². The molecule has 0 bridgehead atoms. The van der Waals surface area contributed by atoms with Crippen molar-refractivity contribution in [1.29, 1.82) is 0 Å². The molecule has 16 heavy (non-hydrogen) atoms. The minimum absolute atomic E-state index is 0.0326. The van der Waals surface area contributed by atoms with Crippen LogP contribution < -0.4 is 5.73 Å². The molecule has 2 N–H and O–H groups in total. The van der Waals surface area contributed by atoms with Crippen LogP contribution in [0.25, 0.3) is 0 Å². The lowest BCUT2D eigenvalue weighted by Gasteiger charge is -2.41. The van der Waals surface area contributed by atoms with Crippen molar-refractivity contribution in [3.05, 3.63) is 0 Å². The summed E-state index contributed by atoms with van der Waals surface area (Å²) in [4.78, 5) is 2.27. The highest BCUT2D eigenvalue weighted by atomic mass is 32.2. The third-order valence-corrected chi connectivity index (χ3v) is 6.33. The summed E-state index contributed by atoms with van der Waals surface area (Å²) >= 11 is 1.95. The zero-order valence-corrected chi connectivity index (χ0v) is 11.5. The summed E-state index contributed by atoms with van der Waals surface area (Å²) in [5.41, 5.74) is 5.95. The van der Waals surface area contributed by atoms with Gasteiger partial charge >= 0.3 is 0 Å². The Bertz CT molecular complexity index is 367. The van der Waals surface area contributed by atoms with E-state index in [-0.39, 0.29) is 28.3 Å². The molecule has 2 atom stereocenters. The number of nitrogens with zero attached hydrogens (tertiary/aromatic N) is 1. The molecule has 2 heterocycles. The van der Waals surface area contributed by atoms with Crippen LogP contribution in [-0.2, 0) is 9.84 Å². The molecule has 2 fully saturated rings. The van der Waals surface area contributed by atoms with Gasteiger partial charge in [-0.05, 0) is 13.8 Å². The molecule has 4 nitrogen and oxygen atoms in total. The summed E-state index contributed by atoms with van der Waals surface area (Å²) in [7, 11) is -2.90. The van der Waals surface area contributed by atoms with E-state index in [0.717, 1.165) is 18.8 Å². The number of sulfone groups is 1. The largest absolute Gasteiger partial charge is 0.325 e. The zero-order valence-electron chi connectivity index (χ0n) is 9.85. The van der Waals surface area contributed by atoms with E-state index in [9.17, 15) is 8.42 Å². The second kappa shape index (κ2) is 4.15. The first-order valence-corrected chi connectivity index (χ1v) is 8.44. The lowest BCUT2D eigenvalue weighted by Crippen LogP contribution is -2.54. The topological polar surface area (TPSA) is 63.4 Å². The van der Waals surface area contributed by atoms with Gasteiger partial charge in [-0.3, -0.25) is 4.90 Å². The molecule has 0 aromatic heterocycles. The molecule has 2 aliphatic rings. The van der Waals surface area contributed by atoms with Crippen LogP contribution in [0.4, 0.5) is 0 Å². The van der Waals surface area contributed by atoms with Crippen molar-refractivity contribution in [2.24, 2.45) is 5.73 Å². The predicted molar refractivity (Wildman–Crippen MR) is 68.5 cm³/mol. The Morgan fingerprint density at radius 2 is 2.06 bits per heavy atom. The molecule has 0 radical (unpaired) electrons. The summed E-state index contributed by atoms with van der Waals surface area (Å²) in [5.74, 6) is 1.47. The van der Waals surface area contributed by atoms with Gasteiger partial charge in [0.15, 0.2) is 9.84 Å². The quantitative estimate of drug-likeness (QED) is 0.719. The smallest absolute Gasteiger partial charge is 0.153 e. The fraction of sp³-hybridized carbons (Fsp3) is 1.00. The van der Waals surface area contributed by atoms with E-state index >= 15 is 0 Å². The molecule has 0 amide bonds. The van der Waals surface area contributed by atoms with Gasteiger partial charge in [0, 0.05) is 35.7 Å². The molecule has 2 aliphatic heterocycles. The Labute approximate surface area is 102 Å². The van der Waals surface area contributed by atoms with Crippen molar-refractivity contribution in [3.8, 4) is 0 Å². The summed E-state index contributed by atoms with van der Waals surface area (Å²) in [6.07, 6.45) is 0. The Morgan fingerprint density at radius 3 is 2.56 bits per heavy atom. The molecule has 0 spiro atoms. The van der Waals surface area contributed by atoms with E-state index in [2.05, 4.69) is 18.7 Å². The van der Waals surface area contributed by atoms with E-state index in [0.29, 0.717) is 0 Å². The zero-order chi connectivity index (χ0) is 12.0. The summed E-state index contributed by atoms with van der Waals surface area (Å²) in [6, 6.07) is -0.172. The van der Waals surface area contributed by atoms with Crippen LogP contribution in [0.3, 0.4) is 0 Å². The van der Waals surface area contributed by atoms with Gasteiger partial charge < -0.3 is 5.73 Å². The molecule has 6 heteroatoms. The highest BCUT2D eigenvalue weighted by Gasteiger charge is 2.41. The number of hydrogen-bond donors (Lipinski definition) is 1. The number of thioether (sulfide) groups is 1. The molecular weight excluding hydrogens is 244 g/mol. The fourth-order valence-corrected chi connectivity index (χ4v) is 5.63. The van der Waals surface area contributed by atoms with E-state index in [1.54, 1.807) is 0 Å². The Kier molecular flexibility index (Phi) is 3.29. The van der Waals surface area contributed by atoms with E-state index in [1.807, 2.05) is 11.8 Å². The Balaban J connectivity index is 2.08. The minimum Gasteiger partial charge on any atom is -0.325 e. The van der Waals surface area contributed by atoms with Gasteiger partial charge in [-0.25, -0.2) is 8.42 Å². The van der Waals surface area contributed by atoms with E-state index < -0.39 is 9.84 Å². The maximum atomic E-state index is 11.5. The lowest BCUT2D eigenvalue weighted by atomic mass is 10.1. The van der Waals surface area contributed by atoms with Gasteiger partial charge in [0.2, 0.25) is 0 Å². The predicted octanol–water partition coefficient (Wildman–Crippen LogP) is -0.0619. The SMILES string of the molecule is CC1(C)CN(C2CS(=O)(=O)CC2N)CCS1. The van der Waals surface area contributed by atoms with Crippen molar-refractivity contribution >= 4 is 21.6 Å². The Hall–Kier alpha value is 0.220. The van der Waals surface area contributed by atoms with Crippen molar-refractivity contribution in [3.63, 3.8) is 0 Å². The molecule has 0 saturated carbocycles. The standard InChI is InChI=1S/C10H20N2O2S2/c1-10(2)7-12(3-4-15-10)9-6-16(13,14)5-8(9)11/h8-9H,3-7,11H2,1-2H3. The second-order valence-corrected chi connectivity index (χ2v) is 9.34.